The van der Waals surface area contributed by atoms with E-state index < -0.39 is 0 Å². The van der Waals surface area contributed by atoms with Crippen LogP contribution in [0.25, 0.3) is 0 Å². The van der Waals surface area contributed by atoms with Crippen LogP contribution in [0.3, 0.4) is 0 Å². The Labute approximate surface area is 97.3 Å². The Morgan fingerprint density at radius 3 is 2.25 bits per heavy atom. The zero-order valence-electron chi connectivity index (χ0n) is 10.6. The van der Waals surface area contributed by atoms with Crippen LogP contribution in [0, 0.1) is 5.92 Å². The largest absolute Gasteiger partial charge is 0.373 e. The van der Waals surface area contributed by atoms with Crippen molar-refractivity contribution < 1.29 is 9.53 Å². The Hall–Kier alpha value is -0.650. The van der Waals surface area contributed by atoms with Crippen LogP contribution < -0.4 is 11.3 Å². The van der Waals surface area contributed by atoms with E-state index in [4.69, 9.17) is 10.6 Å². The highest BCUT2D eigenvalue weighted by molar-refractivity contribution is 5.81. The number of ether oxygens (including phenoxy) is 1. The van der Waals surface area contributed by atoms with Crippen molar-refractivity contribution in [2.24, 2.45) is 11.8 Å². The number of carbonyl (C=O) groups excluding carboxylic acids is 1. The van der Waals surface area contributed by atoms with Crippen molar-refractivity contribution in [3.8, 4) is 0 Å². The number of nitrogens with two attached hydrogens (primary N) is 1. The van der Waals surface area contributed by atoms with E-state index in [-0.39, 0.29) is 30.1 Å². The van der Waals surface area contributed by atoms with Gasteiger partial charge in [0.15, 0.2) is 0 Å². The monoisotopic (exact) mass is 229 g/mol. The molecule has 5 heteroatoms. The molecule has 94 valence electrons. The fraction of sp³-hybridized carbons (Fsp3) is 0.909. The quantitative estimate of drug-likeness (QED) is 0.409. The molecular formula is C11H23N3O2. The molecular weight excluding hydrogens is 206 g/mol. The van der Waals surface area contributed by atoms with Crippen LogP contribution >= 0.6 is 0 Å². The van der Waals surface area contributed by atoms with Crippen LogP contribution in [0.15, 0.2) is 0 Å². The van der Waals surface area contributed by atoms with E-state index in [1.54, 1.807) is 0 Å². The van der Waals surface area contributed by atoms with Gasteiger partial charge < -0.3 is 4.74 Å². The lowest BCUT2D eigenvalue weighted by Gasteiger charge is -2.40. The summed E-state index contributed by atoms with van der Waals surface area (Å²) in [6, 6.07) is -0.168. The van der Waals surface area contributed by atoms with E-state index in [0.29, 0.717) is 0 Å². The Bertz CT molecular complexity index is 235. The number of hydrogen-bond donors (Lipinski definition) is 2. The second-order valence-electron chi connectivity index (χ2n) is 4.91. The average Bonchev–Trinajstić information content (AvgIpc) is 2.15. The van der Waals surface area contributed by atoms with Crippen molar-refractivity contribution in [1.82, 2.24) is 10.3 Å². The molecule has 1 aliphatic heterocycles. The first kappa shape index (κ1) is 13.4. The third kappa shape index (κ3) is 3.17. The van der Waals surface area contributed by atoms with Crippen molar-refractivity contribution in [1.29, 1.82) is 0 Å². The highest BCUT2D eigenvalue weighted by atomic mass is 16.5. The highest BCUT2D eigenvalue weighted by Crippen LogP contribution is 2.18. The van der Waals surface area contributed by atoms with Gasteiger partial charge in [0.2, 0.25) is 0 Å². The van der Waals surface area contributed by atoms with Gasteiger partial charge in [-0.15, -0.1) is 0 Å². The molecule has 1 heterocycles. The number of hydrazine groups is 1. The minimum Gasteiger partial charge on any atom is -0.373 e. The van der Waals surface area contributed by atoms with Crippen molar-refractivity contribution >= 4 is 5.91 Å². The maximum Gasteiger partial charge on any atom is 0.251 e. The fourth-order valence-electron chi connectivity index (χ4n) is 2.42. The summed E-state index contributed by atoms with van der Waals surface area (Å²) in [7, 11) is 0. The number of amides is 1. The number of carbonyl (C=O) groups is 1. The summed E-state index contributed by atoms with van der Waals surface area (Å²) in [5.41, 5.74) is 2.25. The predicted molar refractivity (Wildman–Crippen MR) is 62.5 cm³/mol. The summed E-state index contributed by atoms with van der Waals surface area (Å²) in [5.74, 6) is 5.35. The molecule has 0 bridgehead atoms. The molecule has 1 aliphatic rings. The lowest BCUT2D eigenvalue weighted by molar-refractivity contribution is -0.135. The Morgan fingerprint density at radius 1 is 1.38 bits per heavy atom. The van der Waals surface area contributed by atoms with E-state index in [1.165, 1.54) is 0 Å². The molecule has 0 aromatic rings. The first-order valence-corrected chi connectivity index (χ1v) is 5.85. The minimum absolute atomic E-state index is 0.115. The molecule has 1 saturated heterocycles. The molecule has 0 aliphatic carbocycles. The topological polar surface area (TPSA) is 67.6 Å². The summed E-state index contributed by atoms with van der Waals surface area (Å²) < 4.78 is 5.66. The zero-order chi connectivity index (χ0) is 12.3. The lowest BCUT2D eigenvalue weighted by atomic mass is 10.00. The van der Waals surface area contributed by atoms with Gasteiger partial charge in [0.25, 0.3) is 5.91 Å². The van der Waals surface area contributed by atoms with Gasteiger partial charge in [0, 0.05) is 13.1 Å². The van der Waals surface area contributed by atoms with Gasteiger partial charge in [0.1, 0.15) is 0 Å². The van der Waals surface area contributed by atoms with Crippen molar-refractivity contribution in [2.75, 3.05) is 13.1 Å². The molecule has 0 aromatic carbocycles. The number of rotatable bonds is 3. The Kier molecular flexibility index (Phi) is 4.70. The smallest absolute Gasteiger partial charge is 0.251 e. The molecule has 1 amide bonds. The first-order chi connectivity index (χ1) is 7.45. The van der Waals surface area contributed by atoms with Crippen LogP contribution in [0.5, 0.6) is 0 Å². The first-order valence-electron chi connectivity index (χ1n) is 5.85. The van der Waals surface area contributed by atoms with Crippen LogP contribution in [0.1, 0.15) is 27.7 Å². The predicted octanol–water partition coefficient (Wildman–Crippen LogP) is 0.110. The van der Waals surface area contributed by atoms with E-state index in [9.17, 15) is 4.79 Å². The third-order valence-electron chi connectivity index (χ3n) is 2.88. The number of nitrogens with one attached hydrogen (secondary N) is 1. The van der Waals surface area contributed by atoms with E-state index >= 15 is 0 Å². The SMILES string of the molecule is CC(C)[C@H](C(=O)NN)N1C[C@@H](C)O[C@H](C)C1. The van der Waals surface area contributed by atoms with Gasteiger partial charge in [-0.2, -0.15) is 0 Å². The summed E-state index contributed by atoms with van der Waals surface area (Å²) >= 11 is 0. The van der Waals surface area contributed by atoms with Crippen LogP contribution in [0.2, 0.25) is 0 Å². The fourth-order valence-corrected chi connectivity index (χ4v) is 2.42. The van der Waals surface area contributed by atoms with Crippen LogP contribution in [-0.2, 0) is 9.53 Å². The Morgan fingerprint density at radius 2 is 1.88 bits per heavy atom. The summed E-state index contributed by atoms with van der Waals surface area (Å²) in [4.78, 5) is 13.9. The van der Waals surface area contributed by atoms with E-state index in [1.807, 2.05) is 27.7 Å². The average molecular weight is 229 g/mol. The standard InChI is InChI=1S/C11H23N3O2/c1-7(2)10(11(15)13-12)14-5-8(3)16-9(4)6-14/h7-10H,5-6,12H2,1-4H3,(H,13,15)/t8-,9-,10-/m1/s1. The second-order valence-corrected chi connectivity index (χ2v) is 4.91. The third-order valence-corrected chi connectivity index (χ3v) is 2.88. The molecule has 1 rings (SSSR count). The molecule has 3 N–H and O–H groups in total. The van der Waals surface area contributed by atoms with Crippen molar-refractivity contribution in [3.05, 3.63) is 0 Å². The lowest BCUT2D eigenvalue weighted by Crippen LogP contribution is -2.57. The van der Waals surface area contributed by atoms with Crippen molar-refractivity contribution in [3.63, 3.8) is 0 Å². The van der Waals surface area contributed by atoms with Gasteiger partial charge in [0.05, 0.1) is 18.2 Å². The molecule has 5 nitrogen and oxygen atoms in total. The zero-order valence-corrected chi connectivity index (χ0v) is 10.6. The van der Waals surface area contributed by atoms with Gasteiger partial charge in [-0.05, 0) is 19.8 Å². The van der Waals surface area contributed by atoms with Gasteiger partial charge in [-0.25, -0.2) is 5.84 Å². The highest BCUT2D eigenvalue weighted by Gasteiger charge is 2.33. The molecule has 16 heavy (non-hydrogen) atoms. The van der Waals surface area contributed by atoms with E-state index in [0.717, 1.165) is 13.1 Å². The number of nitrogens with zero attached hydrogens (tertiary/aromatic N) is 1. The number of hydrogen-bond acceptors (Lipinski definition) is 4. The van der Waals surface area contributed by atoms with Crippen molar-refractivity contribution in [2.45, 2.75) is 45.9 Å². The summed E-state index contributed by atoms with van der Waals surface area (Å²) in [6.45, 7) is 9.68. The Balaban J connectivity index is 2.74. The maximum absolute atomic E-state index is 11.7. The molecule has 0 aromatic heterocycles. The summed E-state index contributed by atoms with van der Waals surface area (Å²) in [6.07, 6.45) is 0.325. The molecule has 0 radical (unpaired) electrons. The molecule has 0 saturated carbocycles. The number of morpholine rings is 1. The normalized spacial score (nSPS) is 29.1. The van der Waals surface area contributed by atoms with Crippen LogP contribution in [-0.4, -0.2) is 42.1 Å². The summed E-state index contributed by atoms with van der Waals surface area (Å²) in [5, 5.41) is 0. The van der Waals surface area contributed by atoms with Gasteiger partial charge >= 0.3 is 0 Å². The van der Waals surface area contributed by atoms with Gasteiger partial charge in [-0.3, -0.25) is 15.1 Å². The minimum atomic E-state index is -0.168. The molecule has 3 atom stereocenters. The molecule has 0 unspecified atom stereocenters. The molecule has 1 fully saturated rings. The van der Waals surface area contributed by atoms with Crippen LogP contribution in [0.4, 0.5) is 0 Å². The molecule has 0 spiro atoms. The van der Waals surface area contributed by atoms with E-state index in [2.05, 4.69) is 10.3 Å². The van der Waals surface area contributed by atoms with Gasteiger partial charge in [-0.1, -0.05) is 13.8 Å². The second kappa shape index (κ2) is 5.61. The maximum atomic E-state index is 11.7.